The van der Waals surface area contributed by atoms with Crippen molar-refractivity contribution in [3.63, 3.8) is 0 Å². The number of urea groups is 1. The van der Waals surface area contributed by atoms with Crippen LogP contribution in [0, 0.1) is 6.92 Å². The quantitative estimate of drug-likeness (QED) is 0.911. The summed E-state index contributed by atoms with van der Waals surface area (Å²) in [6.07, 6.45) is 3.96. The number of nitrogens with one attached hydrogen (secondary N) is 1. The van der Waals surface area contributed by atoms with Crippen molar-refractivity contribution in [2.75, 3.05) is 32.1 Å². The average Bonchev–Trinajstić information content (AvgIpc) is 2.55. The first-order valence-corrected chi connectivity index (χ1v) is 8.40. The van der Waals surface area contributed by atoms with Gasteiger partial charge in [-0.3, -0.25) is 0 Å². The second-order valence-corrected chi connectivity index (χ2v) is 6.67. The molecule has 1 aromatic rings. The lowest BCUT2D eigenvalue weighted by molar-refractivity contribution is -0.145. The zero-order chi connectivity index (χ0) is 16.3. The standard InChI is InChI=1S/C18H26N2O3/c1-14-4-3-5-15(12-14)19-17(21)20-9-7-18(8-10-20)13-16(22-2)6-11-23-18/h3-5,12,16H,6-11,13H2,1-2H3,(H,19,21). The molecular weight excluding hydrogens is 292 g/mol. The third-order valence-corrected chi connectivity index (χ3v) is 5.01. The lowest BCUT2D eigenvalue weighted by Gasteiger charge is -2.45. The summed E-state index contributed by atoms with van der Waals surface area (Å²) in [6, 6.07) is 7.86. The van der Waals surface area contributed by atoms with Crippen LogP contribution in [0.15, 0.2) is 24.3 Å². The highest BCUT2D eigenvalue weighted by Gasteiger charge is 2.41. The summed E-state index contributed by atoms with van der Waals surface area (Å²) in [7, 11) is 1.77. The van der Waals surface area contributed by atoms with Gasteiger partial charge in [-0.25, -0.2) is 4.79 Å². The maximum absolute atomic E-state index is 12.4. The normalized spacial score (nSPS) is 23.7. The molecule has 3 rings (SSSR count). The summed E-state index contributed by atoms with van der Waals surface area (Å²) in [4.78, 5) is 14.3. The van der Waals surface area contributed by atoms with Crippen molar-refractivity contribution < 1.29 is 14.3 Å². The molecule has 1 spiro atoms. The van der Waals surface area contributed by atoms with E-state index in [9.17, 15) is 4.79 Å². The summed E-state index contributed by atoms with van der Waals surface area (Å²) in [5, 5.41) is 2.99. The molecule has 2 aliphatic rings. The molecule has 0 saturated carbocycles. The van der Waals surface area contributed by atoms with E-state index >= 15 is 0 Å². The number of piperidine rings is 1. The fraction of sp³-hybridized carbons (Fsp3) is 0.611. The number of carbonyl (C=O) groups is 1. The van der Waals surface area contributed by atoms with Crippen molar-refractivity contribution in [1.82, 2.24) is 4.90 Å². The lowest BCUT2D eigenvalue weighted by atomic mass is 9.83. The molecule has 23 heavy (non-hydrogen) atoms. The number of rotatable bonds is 2. The predicted molar refractivity (Wildman–Crippen MR) is 89.7 cm³/mol. The Kier molecular flexibility index (Phi) is 4.87. The second-order valence-electron chi connectivity index (χ2n) is 6.67. The van der Waals surface area contributed by atoms with E-state index in [1.54, 1.807) is 7.11 Å². The molecule has 1 unspecified atom stereocenters. The number of carbonyl (C=O) groups excluding carboxylic acids is 1. The van der Waals surface area contributed by atoms with E-state index in [4.69, 9.17) is 9.47 Å². The molecule has 2 heterocycles. The Hall–Kier alpha value is -1.59. The van der Waals surface area contributed by atoms with Gasteiger partial charge >= 0.3 is 6.03 Å². The van der Waals surface area contributed by atoms with Crippen LogP contribution in [0.25, 0.3) is 0 Å². The topological polar surface area (TPSA) is 50.8 Å². The number of nitrogens with zero attached hydrogens (tertiary/aromatic N) is 1. The maximum Gasteiger partial charge on any atom is 0.321 e. The van der Waals surface area contributed by atoms with Gasteiger partial charge in [0.05, 0.1) is 11.7 Å². The van der Waals surface area contributed by atoms with Gasteiger partial charge < -0.3 is 19.7 Å². The Labute approximate surface area is 137 Å². The molecule has 2 aliphatic heterocycles. The molecule has 1 aromatic carbocycles. The number of aryl methyl sites for hydroxylation is 1. The Balaban J connectivity index is 1.55. The molecular formula is C18H26N2O3. The predicted octanol–water partition coefficient (Wildman–Crippen LogP) is 3.19. The van der Waals surface area contributed by atoms with Crippen LogP contribution in [-0.2, 0) is 9.47 Å². The monoisotopic (exact) mass is 318 g/mol. The van der Waals surface area contributed by atoms with Crippen LogP contribution in [0.2, 0.25) is 0 Å². The van der Waals surface area contributed by atoms with E-state index in [1.165, 1.54) is 0 Å². The van der Waals surface area contributed by atoms with Crippen molar-refractivity contribution >= 4 is 11.7 Å². The van der Waals surface area contributed by atoms with Crippen LogP contribution in [0.5, 0.6) is 0 Å². The van der Waals surface area contributed by atoms with Crippen LogP contribution < -0.4 is 5.32 Å². The number of benzene rings is 1. The highest BCUT2D eigenvalue weighted by atomic mass is 16.5. The molecule has 2 fully saturated rings. The molecule has 2 saturated heterocycles. The number of hydrogen-bond donors (Lipinski definition) is 1. The minimum absolute atomic E-state index is 0.0236. The fourth-order valence-corrected chi connectivity index (χ4v) is 3.58. The van der Waals surface area contributed by atoms with E-state index in [0.29, 0.717) is 0 Å². The molecule has 2 amide bonds. The number of ether oxygens (including phenoxy) is 2. The molecule has 0 bridgehead atoms. The smallest absolute Gasteiger partial charge is 0.321 e. The van der Waals surface area contributed by atoms with Crippen LogP contribution in [0.1, 0.15) is 31.2 Å². The Morgan fingerprint density at radius 2 is 2.17 bits per heavy atom. The van der Waals surface area contributed by atoms with Gasteiger partial charge in [-0.2, -0.15) is 0 Å². The zero-order valence-electron chi connectivity index (χ0n) is 14.0. The van der Waals surface area contributed by atoms with Gasteiger partial charge in [-0.05, 0) is 43.9 Å². The van der Waals surface area contributed by atoms with Gasteiger partial charge in [0.2, 0.25) is 0 Å². The van der Waals surface area contributed by atoms with Crippen molar-refractivity contribution in [2.45, 2.75) is 44.3 Å². The molecule has 1 N–H and O–H groups in total. The highest BCUT2D eigenvalue weighted by molar-refractivity contribution is 5.89. The first-order chi connectivity index (χ1) is 11.1. The van der Waals surface area contributed by atoms with Gasteiger partial charge in [0.25, 0.3) is 0 Å². The van der Waals surface area contributed by atoms with Crippen LogP contribution >= 0.6 is 0 Å². The number of hydrogen-bond acceptors (Lipinski definition) is 3. The number of likely N-dealkylation sites (tertiary alicyclic amines) is 1. The van der Waals surface area contributed by atoms with Crippen molar-refractivity contribution in [2.24, 2.45) is 0 Å². The maximum atomic E-state index is 12.4. The summed E-state index contributed by atoms with van der Waals surface area (Å²) in [6.45, 7) is 4.24. The molecule has 5 heteroatoms. The molecule has 0 aromatic heterocycles. The van der Waals surface area contributed by atoms with Crippen molar-refractivity contribution in [3.8, 4) is 0 Å². The minimum atomic E-state index is -0.0982. The summed E-state index contributed by atoms with van der Waals surface area (Å²) < 4.78 is 11.6. The third kappa shape index (κ3) is 3.85. The number of methoxy groups -OCH3 is 1. The molecule has 5 nitrogen and oxygen atoms in total. The lowest BCUT2D eigenvalue weighted by Crippen LogP contribution is -2.52. The van der Waals surface area contributed by atoms with Gasteiger partial charge in [0.15, 0.2) is 0 Å². The molecule has 0 radical (unpaired) electrons. The molecule has 1 atom stereocenters. The Bertz CT molecular complexity index is 553. The van der Waals surface area contributed by atoms with Crippen LogP contribution in [-0.4, -0.2) is 49.4 Å². The first-order valence-electron chi connectivity index (χ1n) is 8.40. The second kappa shape index (κ2) is 6.89. The van der Waals surface area contributed by atoms with E-state index in [1.807, 2.05) is 36.1 Å². The van der Waals surface area contributed by atoms with Crippen molar-refractivity contribution in [1.29, 1.82) is 0 Å². The van der Waals surface area contributed by atoms with E-state index < -0.39 is 0 Å². The van der Waals surface area contributed by atoms with E-state index in [-0.39, 0.29) is 17.7 Å². The van der Waals surface area contributed by atoms with Gasteiger partial charge in [0.1, 0.15) is 0 Å². The largest absolute Gasteiger partial charge is 0.381 e. The highest BCUT2D eigenvalue weighted by Crippen LogP contribution is 2.36. The number of amides is 2. The van der Waals surface area contributed by atoms with Crippen molar-refractivity contribution in [3.05, 3.63) is 29.8 Å². The van der Waals surface area contributed by atoms with Gasteiger partial charge in [0, 0.05) is 38.9 Å². The number of anilines is 1. The fourth-order valence-electron chi connectivity index (χ4n) is 3.58. The Morgan fingerprint density at radius 3 is 2.87 bits per heavy atom. The third-order valence-electron chi connectivity index (χ3n) is 5.01. The van der Waals surface area contributed by atoms with Gasteiger partial charge in [-0.15, -0.1) is 0 Å². The summed E-state index contributed by atoms with van der Waals surface area (Å²) in [5.41, 5.74) is 1.89. The Morgan fingerprint density at radius 1 is 1.39 bits per heavy atom. The van der Waals surface area contributed by atoms with E-state index in [2.05, 4.69) is 5.32 Å². The van der Waals surface area contributed by atoms with Gasteiger partial charge in [-0.1, -0.05) is 12.1 Å². The molecule has 0 aliphatic carbocycles. The van der Waals surface area contributed by atoms with E-state index in [0.717, 1.165) is 56.6 Å². The minimum Gasteiger partial charge on any atom is -0.381 e. The van der Waals surface area contributed by atoms with Crippen LogP contribution in [0.4, 0.5) is 10.5 Å². The van der Waals surface area contributed by atoms with Crippen LogP contribution in [0.3, 0.4) is 0 Å². The zero-order valence-corrected chi connectivity index (χ0v) is 14.0. The molecule has 126 valence electrons. The summed E-state index contributed by atoms with van der Waals surface area (Å²) >= 11 is 0. The SMILES string of the molecule is COC1CCOC2(CCN(C(=O)Nc3cccc(C)c3)CC2)C1. The summed E-state index contributed by atoms with van der Waals surface area (Å²) in [5.74, 6) is 0. The first kappa shape index (κ1) is 16.3. The average molecular weight is 318 g/mol.